The first kappa shape index (κ1) is 57.1. The predicted molar refractivity (Wildman–Crippen MR) is 258 cm³/mol. The van der Waals surface area contributed by atoms with Gasteiger partial charge in [-0.25, -0.2) is 0 Å². The van der Waals surface area contributed by atoms with Gasteiger partial charge in [0.25, 0.3) is 0 Å². The summed E-state index contributed by atoms with van der Waals surface area (Å²) in [6.45, 7) is 4.38. The van der Waals surface area contributed by atoms with Gasteiger partial charge in [0.05, 0.1) is 18.8 Å². The maximum Gasteiger partial charge on any atom is 0.220 e. The number of carbonyl (C=O) groups excluding carboxylic acids is 1. The molecular weight excluding hydrogens is 711 g/mol. The SMILES string of the molecule is CCCCCCCCC/C=C\CCCCCCCC(=O)NC(CO)C(O)CCCCCCCCCCCCCCCCCCCCCCCCCCCCCCCC. The molecule has 0 fully saturated rings. The molecule has 58 heavy (non-hydrogen) atoms. The van der Waals surface area contributed by atoms with E-state index in [2.05, 4.69) is 31.3 Å². The van der Waals surface area contributed by atoms with Gasteiger partial charge in [-0.2, -0.15) is 0 Å². The zero-order chi connectivity index (χ0) is 42.1. The van der Waals surface area contributed by atoms with Crippen molar-refractivity contribution in [1.29, 1.82) is 0 Å². The number of rotatable bonds is 50. The van der Waals surface area contributed by atoms with Crippen LogP contribution in [0.4, 0.5) is 0 Å². The third-order valence-electron chi connectivity index (χ3n) is 12.8. The number of amides is 1. The van der Waals surface area contributed by atoms with Gasteiger partial charge in [0.15, 0.2) is 0 Å². The average molecular weight is 818 g/mol. The highest BCUT2D eigenvalue weighted by atomic mass is 16.3. The summed E-state index contributed by atoms with van der Waals surface area (Å²) in [7, 11) is 0. The molecule has 2 atom stereocenters. The summed E-state index contributed by atoms with van der Waals surface area (Å²) in [5.41, 5.74) is 0. The summed E-state index contributed by atoms with van der Waals surface area (Å²) >= 11 is 0. The molecular formula is C54H107NO3. The molecule has 2 unspecified atom stereocenters. The summed E-state index contributed by atoms with van der Waals surface area (Å²) in [5.74, 6) is -0.0351. The van der Waals surface area contributed by atoms with Crippen molar-refractivity contribution < 1.29 is 15.0 Å². The zero-order valence-corrected chi connectivity index (χ0v) is 39.8. The number of aliphatic hydroxyl groups excluding tert-OH is 2. The fourth-order valence-electron chi connectivity index (χ4n) is 8.65. The van der Waals surface area contributed by atoms with Crippen molar-refractivity contribution in [2.45, 2.75) is 321 Å². The van der Waals surface area contributed by atoms with Gasteiger partial charge in [-0.05, 0) is 38.5 Å². The maximum atomic E-state index is 12.4. The van der Waals surface area contributed by atoms with Crippen LogP contribution in [0.2, 0.25) is 0 Å². The smallest absolute Gasteiger partial charge is 0.220 e. The van der Waals surface area contributed by atoms with E-state index in [1.54, 1.807) is 0 Å². The Labute approximate surface area is 365 Å². The molecule has 0 rings (SSSR count). The number of nitrogens with one attached hydrogen (secondary N) is 1. The van der Waals surface area contributed by atoms with Gasteiger partial charge in [-0.1, -0.05) is 276 Å². The highest BCUT2D eigenvalue weighted by Gasteiger charge is 2.20. The van der Waals surface area contributed by atoms with E-state index >= 15 is 0 Å². The predicted octanol–water partition coefficient (Wildman–Crippen LogP) is 17.4. The van der Waals surface area contributed by atoms with Gasteiger partial charge in [0, 0.05) is 6.42 Å². The molecule has 0 aromatic rings. The number of carbonyl (C=O) groups is 1. The van der Waals surface area contributed by atoms with E-state index in [4.69, 9.17) is 0 Å². The molecule has 0 aromatic carbocycles. The van der Waals surface area contributed by atoms with Crippen LogP contribution in [0.15, 0.2) is 12.2 Å². The molecule has 0 radical (unpaired) electrons. The number of aliphatic hydroxyl groups is 2. The third kappa shape index (κ3) is 46.2. The molecule has 3 N–H and O–H groups in total. The summed E-state index contributed by atoms with van der Waals surface area (Å²) < 4.78 is 0. The Hall–Kier alpha value is -0.870. The lowest BCUT2D eigenvalue weighted by molar-refractivity contribution is -0.123. The van der Waals surface area contributed by atoms with Crippen molar-refractivity contribution in [2.75, 3.05) is 6.61 Å². The lowest BCUT2D eigenvalue weighted by Crippen LogP contribution is -2.45. The van der Waals surface area contributed by atoms with Crippen molar-refractivity contribution in [1.82, 2.24) is 5.32 Å². The van der Waals surface area contributed by atoms with E-state index < -0.39 is 12.1 Å². The largest absolute Gasteiger partial charge is 0.394 e. The summed E-state index contributed by atoms with van der Waals surface area (Å²) in [5, 5.41) is 23.3. The Balaban J connectivity index is 3.40. The van der Waals surface area contributed by atoms with Crippen LogP contribution in [-0.4, -0.2) is 34.9 Å². The molecule has 4 heteroatoms. The van der Waals surface area contributed by atoms with Gasteiger partial charge in [-0.15, -0.1) is 0 Å². The molecule has 0 saturated carbocycles. The van der Waals surface area contributed by atoms with Gasteiger partial charge in [0.1, 0.15) is 0 Å². The first-order chi connectivity index (χ1) is 28.7. The third-order valence-corrected chi connectivity index (χ3v) is 12.8. The van der Waals surface area contributed by atoms with Crippen LogP contribution in [0.25, 0.3) is 0 Å². The first-order valence-electron chi connectivity index (χ1n) is 26.9. The van der Waals surface area contributed by atoms with E-state index in [1.807, 2.05) is 0 Å². The molecule has 0 aliphatic rings. The topological polar surface area (TPSA) is 69.6 Å². The normalized spacial score (nSPS) is 12.8. The van der Waals surface area contributed by atoms with Gasteiger partial charge < -0.3 is 15.5 Å². The van der Waals surface area contributed by atoms with Crippen molar-refractivity contribution >= 4 is 5.91 Å². The van der Waals surface area contributed by atoms with Crippen molar-refractivity contribution in [2.24, 2.45) is 0 Å². The van der Waals surface area contributed by atoms with E-state index in [0.29, 0.717) is 12.8 Å². The Bertz CT molecular complexity index is 799. The fourth-order valence-corrected chi connectivity index (χ4v) is 8.65. The molecule has 0 aliphatic carbocycles. The summed E-state index contributed by atoms with van der Waals surface area (Å²) in [6, 6.07) is -0.538. The van der Waals surface area contributed by atoms with E-state index in [0.717, 1.165) is 25.7 Å². The Kier molecular flexibility index (Phi) is 49.7. The molecule has 1 amide bonds. The number of hydrogen-bond acceptors (Lipinski definition) is 3. The number of unbranched alkanes of at least 4 members (excludes halogenated alkanes) is 41. The average Bonchev–Trinajstić information content (AvgIpc) is 3.23. The van der Waals surface area contributed by atoms with Crippen LogP contribution >= 0.6 is 0 Å². The second-order valence-electron chi connectivity index (χ2n) is 18.7. The van der Waals surface area contributed by atoms with Gasteiger partial charge in [0.2, 0.25) is 5.91 Å². The van der Waals surface area contributed by atoms with E-state index in [-0.39, 0.29) is 12.5 Å². The van der Waals surface area contributed by atoms with Crippen molar-refractivity contribution in [3.63, 3.8) is 0 Å². The number of hydrogen-bond donors (Lipinski definition) is 3. The zero-order valence-electron chi connectivity index (χ0n) is 39.8. The Morgan fingerprint density at radius 2 is 0.655 bits per heavy atom. The Morgan fingerprint density at radius 3 is 0.948 bits per heavy atom. The fraction of sp³-hybridized carbons (Fsp3) is 0.944. The molecule has 0 saturated heterocycles. The van der Waals surface area contributed by atoms with Crippen molar-refractivity contribution in [3.05, 3.63) is 12.2 Å². The molecule has 0 bridgehead atoms. The van der Waals surface area contributed by atoms with E-state index in [1.165, 1.54) is 257 Å². The maximum absolute atomic E-state index is 12.4. The van der Waals surface area contributed by atoms with Crippen LogP contribution in [0, 0.1) is 0 Å². The lowest BCUT2D eigenvalue weighted by atomic mass is 10.0. The van der Waals surface area contributed by atoms with Crippen LogP contribution in [0.5, 0.6) is 0 Å². The minimum Gasteiger partial charge on any atom is -0.394 e. The second-order valence-corrected chi connectivity index (χ2v) is 18.7. The first-order valence-corrected chi connectivity index (χ1v) is 26.9. The second kappa shape index (κ2) is 50.5. The molecule has 0 aliphatic heterocycles. The summed E-state index contributed by atoms with van der Waals surface area (Å²) in [4.78, 5) is 12.4. The number of allylic oxidation sites excluding steroid dienone is 2. The molecule has 0 spiro atoms. The van der Waals surface area contributed by atoms with Gasteiger partial charge in [-0.3, -0.25) is 4.79 Å². The highest BCUT2D eigenvalue weighted by molar-refractivity contribution is 5.76. The standard InChI is InChI=1S/C54H107NO3/c1-3-5-7-9-11-13-15-17-19-21-22-23-24-25-26-27-28-29-30-31-32-33-34-35-37-39-41-43-45-47-49-53(57)52(51-56)55-54(58)50-48-46-44-42-40-38-36-20-18-16-14-12-10-8-6-4-2/h20,36,52-53,56-57H,3-19,21-35,37-51H2,1-2H3,(H,55,58)/b36-20-. The van der Waals surface area contributed by atoms with Crippen LogP contribution in [0.1, 0.15) is 309 Å². The van der Waals surface area contributed by atoms with Crippen LogP contribution in [-0.2, 0) is 4.79 Å². The highest BCUT2D eigenvalue weighted by Crippen LogP contribution is 2.18. The minimum absolute atomic E-state index is 0.0351. The quantitative estimate of drug-likeness (QED) is 0.0423. The lowest BCUT2D eigenvalue weighted by Gasteiger charge is -2.22. The minimum atomic E-state index is -0.661. The molecule has 0 heterocycles. The monoisotopic (exact) mass is 818 g/mol. The summed E-state index contributed by atoms with van der Waals surface area (Å²) in [6.07, 6.45) is 64.8. The van der Waals surface area contributed by atoms with Crippen molar-refractivity contribution in [3.8, 4) is 0 Å². The van der Waals surface area contributed by atoms with Gasteiger partial charge >= 0.3 is 0 Å². The van der Waals surface area contributed by atoms with Crippen LogP contribution < -0.4 is 5.32 Å². The van der Waals surface area contributed by atoms with E-state index in [9.17, 15) is 15.0 Å². The Morgan fingerprint density at radius 1 is 0.397 bits per heavy atom. The molecule has 346 valence electrons. The van der Waals surface area contributed by atoms with Crippen LogP contribution in [0.3, 0.4) is 0 Å². The molecule has 4 nitrogen and oxygen atoms in total. The molecule has 0 aromatic heterocycles.